The Bertz CT molecular complexity index is 858. The zero-order valence-electron chi connectivity index (χ0n) is 16.6. The van der Waals surface area contributed by atoms with Gasteiger partial charge in [0.25, 0.3) is 0 Å². The summed E-state index contributed by atoms with van der Waals surface area (Å²) in [6, 6.07) is 13.1. The van der Waals surface area contributed by atoms with Crippen molar-refractivity contribution in [1.29, 1.82) is 0 Å². The van der Waals surface area contributed by atoms with Crippen molar-refractivity contribution in [1.82, 2.24) is 9.80 Å². The average molecular weight is 434 g/mol. The number of carbonyl (C=O) groups excluding carboxylic acids is 2. The molecule has 0 saturated carbocycles. The largest absolute Gasteiger partial charge is 0.340 e. The summed E-state index contributed by atoms with van der Waals surface area (Å²) >= 11 is 12.4. The van der Waals surface area contributed by atoms with Crippen molar-refractivity contribution in [2.45, 2.75) is 26.3 Å². The third-order valence-corrected chi connectivity index (χ3v) is 5.93. The highest BCUT2D eigenvalue weighted by atomic mass is 35.5. The summed E-state index contributed by atoms with van der Waals surface area (Å²) in [6.07, 6.45) is 0. The Morgan fingerprint density at radius 3 is 2.14 bits per heavy atom. The third kappa shape index (κ3) is 5.50. The van der Waals surface area contributed by atoms with Crippen LogP contribution in [-0.4, -0.2) is 47.8 Å². The molecule has 5 nitrogen and oxygen atoms in total. The molecular formula is C22H25Cl2N3O2. The summed E-state index contributed by atoms with van der Waals surface area (Å²) in [5, 5.41) is 3.90. The molecule has 1 aliphatic rings. The molecule has 7 heteroatoms. The van der Waals surface area contributed by atoms with Gasteiger partial charge in [-0.1, -0.05) is 41.4 Å². The molecule has 0 spiro atoms. The minimum Gasteiger partial charge on any atom is -0.340 e. The topological polar surface area (TPSA) is 52.7 Å². The second kappa shape index (κ2) is 9.61. The molecule has 1 saturated heterocycles. The van der Waals surface area contributed by atoms with Gasteiger partial charge in [-0.15, -0.1) is 0 Å². The molecule has 0 aliphatic carbocycles. The van der Waals surface area contributed by atoms with Crippen LogP contribution in [0.2, 0.25) is 10.0 Å². The lowest BCUT2D eigenvalue weighted by atomic mass is 10.00. The van der Waals surface area contributed by atoms with Gasteiger partial charge in [-0.05, 0) is 36.8 Å². The van der Waals surface area contributed by atoms with Crippen LogP contribution in [0.3, 0.4) is 0 Å². The standard InChI is InChI=1S/C22H25Cl2N3O2/c1-15(21-19(23)4-3-5-20(21)24)22(29)25-18-8-6-17(7-9-18)14-26-10-12-27(13-11-26)16(2)28/h3-9,15H,10-14H2,1-2H3,(H,25,29)/t15-/m0/s1. The first-order valence-electron chi connectivity index (χ1n) is 9.66. The van der Waals surface area contributed by atoms with Crippen LogP contribution in [0.4, 0.5) is 5.69 Å². The normalized spacial score (nSPS) is 15.8. The molecule has 0 bridgehead atoms. The maximum absolute atomic E-state index is 12.6. The maximum Gasteiger partial charge on any atom is 0.231 e. The molecule has 0 radical (unpaired) electrons. The highest BCUT2D eigenvalue weighted by molar-refractivity contribution is 6.36. The van der Waals surface area contributed by atoms with Gasteiger partial charge in [0.15, 0.2) is 0 Å². The Labute approximate surface area is 181 Å². The van der Waals surface area contributed by atoms with Gasteiger partial charge in [-0.2, -0.15) is 0 Å². The van der Waals surface area contributed by atoms with Gasteiger partial charge < -0.3 is 10.2 Å². The highest BCUT2D eigenvalue weighted by Gasteiger charge is 2.21. The lowest BCUT2D eigenvalue weighted by molar-refractivity contribution is -0.130. The summed E-state index contributed by atoms with van der Waals surface area (Å²) in [5.74, 6) is -0.487. The van der Waals surface area contributed by atoms with Crippen LogP contribution in [-0.2, 0) is 16.1 Å². The van der Waals surface area contributed by atoms with Crippen LogP contribution in [0, 0.1) is 0 Å². The number of benzene rings is 2. The zero-order valence-corrected chi connectivity index (χ0v) is 18.1. The second-order valence-corrected chi connectivity index (χ2v) is 8.14. The monoisotopic (exact) mass is 433 g/mol. The van der Waals surface area contributed by atoms with Gasteiger partial charge in [0.1, 0.15) is 0 Å². The van der Waals surface area contributed by atoms with Crippen molar-refractivity contribution in [3.63, 3.8) is 0 Å². The lowest BCUT2D eigenvalue weighted by Crippen LogP contribution is -2.47. The van der Waals surface area contributed by atoms with E-state index in [9.17, 15) is 9.59 Å². The van der Waals surface area contributed by atoms with Crippen molar-refractivity contribution in [3.05, 3.63) is 63.6 Å². The number of nitrogens with one attached hydrogen (secondary N) is 1. The average Bonchev–Trinajstić information content (AvgIpc) is 2.69. The first kappa shape index (κ1) is 21.6. The van der Waals surface area contributed by atoms with Crippen LogP contribution in [0.1, 0.15) is 30.9 Å². The van der Waals surface area contributed by atoms with E-state index in [2.05, 4.69) is 10.2 Å². The number of anilines is 1. The van der Waals surface area contributed by atoms with E-state index >= 15 is 0 Å². The molecule has 1 aliphatic heterocycles. The Morgan fingerprint density at radius 1 is 1.00 bits per heavy atom. The molecule has 2 aromatic rings. The van der Waals surface area contributed by atoms with Crippen LogP contribution in [0.15, 0.2) is 42.5 Å². The van der Waals surface area contributed by atoms with Crippen molar-refractivity contribution in [3.8, 4) is 0 Å². The van der Waals surface area contributed by atoms with Crippen molar-refractivity contribution in [2.75, 3.05) is 31.5 Å². The quantitative estimate of drug-likeness (QED) is 0.759. The Morgan fingerprint density at radius 2 is 1.59 bits per heavy atom. The summed E-state index contributed by atoms with van der Waals surface area (Å²) in [6.45, 7) is 7.51. The summed E-state index contributed by atoms with van der Waals surface area (Å²) in [7, 11) is 0. The Kier molecular flexibility index (Phi) is 7.17. The van der Waals surface area contributed by atoms with Gasteiger partial charge in [0.05, 0.1) is 5.92 Å². The number of rotatable bonds is 5. The highest BCUT2D eigenvalue weighted by Crippen LogP contribution is 2.32. The molecule has 1 N–H and O–H groups in total. The molecule has 1 heterocycles. The molecule has 1 atom stereocenters. The molecule has 0 aromatic heterocycles. The summed E-state index contributed by atoms with van der Waals surface area (Å²) in [4.78, 5) is 28.3. The van der Waals surface area contributed by atoms with E-state index in [-0.39, 0.29) is 11.8 Å². The van der Waals surface area contributed by atoms with Crippen LogP contribution in [0.25, 0.3) is 0 Å². The van der Waals surface area contributed by atoms with E-state index in [0.717, 1.165) is 38.4 Å². The number of hydrogen-bond donors (Lipinski definition) is 1. The number of amides is 2. The van der Waals surface area contributed by atoms with Gasteiger partial charge >= 0.3 is 0 Å². The van der Waals surface area contributed by atoms with Gasteiger partial charge in [-0.3, -0.25) is 14.5 Å². The smallest absolute Gasteiger partial charge is 0.231 e. The van der Waals surface area contributed by atoms with E-state index in [1.807, 2.05) is 29.2 Å². The van der Waals surface area contributed by atoms with E-state index in [0.29, 0.717) is 15.6 Å². The van der Waals surface area contributed by atoms with E-state index in [1.54, 1.807) is 32.0 Å². The summed E-state index contributed by atoms with van der Waals surface area (Å²) < 4.78 is 0. The minimum atomic E-state index is -0.464. The molecular weight excluding hydrogens is 409 g/mol. The van der Waals surface area contributed by atoms with Crippen molar-refractivity contribution in [2.24, 2.45) is 0 Å². The third-order valence-electron chi connectivity index (χ3n) is 5.27. The van der Waals surface area contributed by atoms with Gasteiger partial charge in [0, 0.05) is 60.9 Å². The van der Waals surface area contributed by atoms with Gasteiger partial charge in [-0.25, -0.2) is 0 Å². The fourth-order valence-electron chi connectivity index (χ4n) is 3.48. The molecule has 2 amide bonds. The molecule has 3 rings (SSSR count). The Hall–Kier alpha value is -2.08. The van der Waals surface area contributed by atoms with E-state index in [4.69, 9.17) is 23.2 Å². The van der Waals surface area contributed by atoms with E-state index in [1.165, 1.54) is 5.56 Å². The minimum absolute atomic E-state index is 0.136. The number of halogens is 2. The molecule has 154 valence electrons. The first-order chi connectivity index (χ1) is 13.8. The molecule has 0 unspecified atom stereocenters. The Balaban J connectivity index is 1.56. The van der Waals surface area contributed by atoms with Crippen molar-refractivity contribution < 1.29 is 9.59 Å². The molecule has 1 fully saturated rings. The van der Waals surface area contributed by atoms with Crippen LogP contribution in [0.5, 0.6) is 0 Å². The number of nitrogens with zero attached hydrogens (tertiary/aromatic N) is 2. The van der Waals surface area contributed by atoms with E-state index < -0.39 is 5.92 Å². The first-order valence-corrected chi connectivity index (χ1v) is 10.4. The SMILES string of the molecule is CC(=O)N1CCN(Cc2ccc(NC(=O)[C@@H](C)c3c(Cl)cccc3Cl)cc2)CC1. The zero-order chi connectivity index (χ0) is 21.0. The van der Waals surface area contributed by atoms with Gasteiger partial charge in [0.2, 0.25) is 11.8 Å². The predicted molar refractivity (Wildman–Crippen MR) is 117 cm³/mol. The second-order valence-electron chi connectivity index (χ2n) is 7.33. The number of piperazine rings is 1. The predicted octanol–water partition coefficient (Wildman–Crippen LogP) is 4.40. The number of hydrogen-bond acceptors (Lipinski definition) is 3. The summed E-state index contributed by atoms with van der Waals surface area (Å²) in [5.41, 5.74) is 2.53. The van der Waals surface area contributed by atoms with Crippen LogP contribution < -0.4 is 5.32 Å². The van der Waals surface area contributed by atoms with Crippen LogP contribution >= 0.6 is 23.2 Å². The molecule has 2 aromatic carbocycles. The maximum atomic E-state index is 12.6. The molecule has 29 heavy (non-hydrogen) atoms. The number of carbonyl (C=O) groups is 2. The fourth-order valence-corrected chi connectivity index (χ4v) is 4.20. The fraction of sp³-hybridized carbons (Fsp3) is 0.364. The lowest BCUT2D eigenvalue weighted by Gasteiger charge is -2.34. The van der Waals surface area contributed by atoms with Crippen molar-refractivity contribution >= 4 is 40.7 Å².